The van der Waals surface area contributed by atoms with Gasteiger partial charge in [-0.2, -0.15) is 0 Å². The summed E-state index contributed by atoms with van der Waals surface area (Å²) in [6, 6.07) is 7.64. The molecule has 7 nitrogen and oxygen atoms in total. The second-order valence-corrected chi connectivity index (χ2v) is 7.99. The van der Waals surface area contributed by atoms with Gasteiger partial charge in [-0.05, 0) is 38.1 Å². The summed E-state index contributed by atoms with van der Waals surface area (Å²) < 4.78 is 11.0. The van der Waals surface area contributed by atoms with E-state index in [0.29, 0.717) is 10.6 Å². The first-order valence-electron chi connectivity index (χ1n) is 7.29. The average Bonchev–Trinajstić information content (AvgIpc) is 2.86. The minimum absolute atomic E-state index is 0.0501. The molecule has 0 unspecified atom stereocenters. The Morgan fingerprint density at radius 3 is 2.38 bits per heavy atom. The van der Waals surface area contributed by atoms with Gasteiger partial charge in [0.2, 0.25) is 5.13 Å². The van der Waals surface area contributed by atoms with Crippen molar-refractivity contribution in [3.63, 3.8) is 0 Å². The van der Waals surface area contributed by atoms with E-state index in [1.54, 1.807) is 0 Å². The van der Waals surface area contributed by atoms with E-state index in [0.717, 1.165) is 30.1 Å². The van der Waals surface area contributed by atoms with Gasteiger partial charge in [-0.3, -0.25) is 4.57 Å². The fourth-order valence-corrected chi connectivity index (χ4v) is 4.33. The Morgan fingerprint density at radius 1 is 1.21 bits per heavy atom. The van der Waals surface area contributed by atoms with Crippen LogP contribution in [0.1, 0.15) is 18.7 Å². The molecule has 0 radical (unpaired) electrons. The zero-order valence-electron chi connectivity index (χ0n) is 13.3. The third-order valence-corrected chi connectivity index (χ3v) is 5.52. The lowest BCUT2D eigenvalue weighted by Crippen LogP contribution is -2.21. The summed E-state index contributed by atoms with van der Waals surface area (Å²) in [5.41, 5.74) is 1.77. The van der Waals surface area contributed by atoms with Gasteiger partial charge in [0.1, 0.15) is 5.15 Å². The highest BCUT2D eigenvalue weighted by Gasteiger charge is 2.20. The van der Waals surface area contributed by atoms with Crippen LogP contribution in [0.25, 0.3) is 0 Å². The van der Waals surface area contributed by atoms with E-state index < -0.39 is 13.8 Å². The first kappa shape index (κ1) is 19.0. The Balaban J connectivity index is 2.11. The Bertz CT molecular complexity index is 756. The number of hydrogen-bond donors (Lipinski definition) is 2. The van der Waals surface area contributed by atoms with Crippen molar-refractivity contribution < 1.29 is 14.4 Å². The molecule has 1 heterocycles. The Kier molecular flexibility index (Phi) is 6.48. The second-order valence-electron chi connectivity index (χ2n) is 4.92. The molecule has 0 fully saturated rings. The maximum Gasteiger partial charge on any atom is 0.330 e. The highest BCUT2D eigenvalue weighted by molar-refractivity contribution is 7.51. The lowest BCUT2D eigenvalue weighted by Gasteiger charge is -2.20. The van der Waals surface area contributed by atoms with E-state index in [1.807, 2.05) is 24.3 Å². The highest BCUT2D eigenvalue weighted by Crippen LogP contribution is 2.44. The van der Waals surface area contributed by atoms with Gasteiger partial charge < -0.3 is 14.7 Å². The molecule has 0 spiro atoms. The first-order chi connectivity index (χ1) is 11.3. The molecule has 0 aliphatic rings. The van der Waals surface area contributed by atoms with Crippen molar-refractivity contribution in [2.75, 3.05) is 18.0 Å². The molecule has 0 atom stereocenters. The van der Waals surface area contributed by atoms with Crippen molar-refractivity contribution in [1.82, 2.24) is 4.98 Å². The normalized spacial score (nSPS) is 12.0. The minimum atomic E-state index is -4.19. The van der Waals surface area contributed by atoms with Crippen LogP contribution in [0.2, 0.25) is 5.15 Å². The van der Waals surface area contributed by atoms with E-state index in [1.165, 1.54) is 0 Å². The fourth-order valence-electron chi connectivity index (χ4n) is 2.07. The number of rotatable bonds is 7. The monoisotopic (exact) mass is 388 g/mol. The number of thiazole rings is 1. The molecule has 2 N–H and O–H groups in total. The van der Waals surface area contributed by atoms with E-state index in [-0.39, 0.29) is 10.3 Å². The summed E-state index contributed by atoms with van der Waals surface area (Å²) in [7, 11) is -4.19. The molecule has 2 aromatic rings. The van der Waals surface area contributed by atoms with Crippen LogP contribution in [0.15, 0.2) is 34.5 Å². The van der Waals surface area contributed by atoms with Gasteiger partial charge in [0.05, 0.1) is 16.7 Å². The number of azo groups is 1. The van der Waals surface area contributed by atoms with Gasteiger partial charge in [0.25, 0.3) is 0 Å². The molecule has 1 aromatic heterocycles. The van der Waals surface area contributed by atoms with E-state index in [9.17, 15) is 4.57 Å². The Labute approximate surface area is 149 Å². The van der Waals surface area contributed by atoms with Crippen LogP contribution in [0, 0.1) is 0 Å². The van der Waals surface area contributed by atoms with Crippen molar-refractivity contribution in [3.8, 4) is 0 Å². The van der Waals surface area contributed by atoms with Crippen LogP contribution in [-0.4, -0.2) is 27.9 Å². The molecule has 0 aliphatic heterocycles. The number of aromatic nitrogens is 1. The predicted molar refractivity (Wildman–Crippen MR) is 97.1 cm³/mol. The quantitative estimate of drug-likeness (QED) is 0.527. The summed E-state index contributed by atoms with van der Waals surface area (Å²) in [6.45, 7) is 6.05. The molecule has 10 heteroatoms. The predicted octanol–water partition coefficient (Wildman–Crippen LogP) is 4.74. The molecule has 130 valence electrons. The van der Waals surface area contributed by atoms with Gasteiger partial charge in [0.15, 0.2) is 0 Å². The fraction of sp³-hybridized carbons (Fsp3) is 0.357. The topological polar surface area (TPSA) is 98.4 Å². The lowest BCUT2D eigenvalue weighted by molar-refractivity contribution is 0.372. The van der Waals surface area contributed by atoms with Crippen molar-refractivity contribution in [2.45, 2.75) is 20.0 Å². The molecule has 0 bridgehead atoms. The average molecular weight is 389 g/mol. The van der Waals surface area contributed by atoms with Crippen LogP contribution in [-0.2, 0) is 10.7 Å². The standard InChI is InChI=1S/C14H18ClN4O3PS/c1-3-19(4-2)11-7-5-10(6-8-11)17-18-14-16-13(15)12(24-14)9-23(20,21)22/h5-8H,3-4,9H2,1-2H3,(H2,20,21,22). The third kappa shape index (κ3) is 5.36. The zero-order chi connectivity index (χ0) is 17.7. The summed E-state index contributed by atoms with van der Waals surface area (Å²) in [4.78, 5) is 24.5. The van der Waals surface area contributed by atoms with Crippen molar-refractivity contribution in [2.24, 2.45) is 10.2 Å². The van der Waals surface area contributed by atoms with E-state index in [2.05, 4.69) is 34.0 Å². The maximum absolute atomic E-state index is 11.0. The van der Waals surface area contributed by atoms with Crippen LogP contribution in [0.3, 0.4) is 0 Å². The van der Waals surface area contributed by atoms with Gasteiger partial charge in [-0.25, -0.2) is 4.98 Å². The van der Waals surface area contributed by atoms with Crippen LogP contribution < -0.4 is 4.90 Å². The number of hydrogen-bond acceptors (Lipinski definition) is 6. The Hall–Kier alpha value is -1.31. The smallest absolute Gasteiger partial charge is 0.330 e. The molecule has 0 aliphatic carbocycles. The van der Waals surface area contributed by atoms with E-state index in [4.69, 9.17) is 21.4 Å². The first-order valence-corrected chi connectivity index (χ1v) is 10.3. The third-order valence-electron chi connectivity index (χ3n) is 3.22. The van der Waals surface area contributed by atoms with Crippen molar-refractivity contribution in [1.29, 1.82) is 0 Å². The number of anilines is 1. The minimum Gasteiger partial charge on any atom is -0.372 e. The number of nitrogens with zero attached hydrogens (tertiary/aromatic N) is 4. The summed E-state index contributed by atoms with van der Waals surface area (Å²) in [5.74, 6) is 0. The van der Waals surface area contributed by atoms with E-state index >= 15 is 0 Å². The van der Waals surface area contributed by atoms with Crippen LogP contribution >= 0.6 is 30.5 Å². The zero-order valence-corrected chi connectivity index (χ0v) is 15.7. The molecule has 0 amide bonds. The SMILES string of the molecule is CCN(CC)c1ccc(N=Nc2nc(Cl)c(CP(=O)(O)O)s2)cc1. The summed E-state index contributed by atoms with van der Waals surface area (Å²) in [5, 5.41) is 8.38. The maximum atomic E-state index is 11.0. The van der Waals surface area contributed by atoms with Gasteiger partial charge in [-0.15, -0.1) is 10.2 Å². The molecule has 24 heavy (non-hydrogen) atoms. The second kappa shape index (κ2) is 8.18. The Morgan fingerprint density at radius 2 is 1.83 bits per heavy atom. The van der Waals surface area contributed by atoms with Gasteiger partial charge in [-0.1, -0.05) is 22.9 Å². The molecular formula is C14H18ClN4O3PS. The number of benzene rings is 1. The molecule has 2 rings (SSSR count). The van der Waals surface area contributed by atoms with Crippen LogP contribution in [0.5, 0.6) is 0 Å². The van der Waals surface area contributed by atoms with Gasteiger partial charge in [0, 0.05) is 18.8 Å². The molecule has 1 aromatic carbocycles. The molecule has 0 saturated carbocycles. The summed E-state index contributed by atoms with van der Waals surface area (Å²) in [6.07, 6.45) is -0.447. The molecule has 0 saturated heterocycles. The highest BCUT2D eigenvalue weighted by atomic mass is 35.5. The lowest BCUT2D eigenvalue weighted by atomic mass is 10.2. The number of halogens is 1. The van der Waals surface area contributed by atoms with Gasteiger partial charge >= 0.3 is 7.60 Å². The van der Waals surface area contributed by atoms with Crippen LogP contribution in [0.4, 0.5) is 16.5 Å². The van der Waals surface area contributed by atoms with Crippen molar-refractivity contribution >= 4 is 47.0 Å². The molecular weight excluding hydrogens is 371 g/mol. The largest absolute Gasteiger partial charge is 0.372 e. The van der Waals surface area contributed by atoms with Crippen molar-refractivity contribution in [3.05, 3.63) is 34.3 Å². The summed E-state index contributed by atoms with van der Waals surface area (Å²) >= 11 is 6.89.